The van der Waals surface area contributed by atoms with Crippen molar-refractivity contribution in [2.75, 3.05) is 18.0 Å². The van der Waals surface area contributed by atoms with Crippen LogP contribution in [-0.2, 0) is 6.54 Å². The van der Waals surface area contributed by atoms with Gasteiger partial charge in [-0.05, 0) is 55.8 Å². The average Bonchev–Trinajstić information content (AvgIpc) is 3.26. The number of halogens is 1. The summed E-state index contributed by atoms with van der Waals surface area (Å²) >= 11 is 6.26. The Hall–Kier alpha value is -0.730. The minimum atomic E-state index is 0.729. The Morgan fingerprint density at radius 2 is 2.10 bits per heavy atom. The van der Waals surface area contributed by atoms with Gasteiger partial charge in [0, 0.05) is 29.8 Å². The van der Waals surface area contributed by atoms with Crippen molar-refractivity contribution in [1.82, 2.24) is 5.32 Å². The first-order valence-electron chi connectivity index (χ1n) is 8.37. The number of rotatable bonds is 9. The molecule has 0 bridgehead atoms. The van der Waals surface area contributed by atoms with Crippen molar-refractivity contribution in [3.63, 3.8) is 0 Å². The molecule has 1 N–H and O–H groups in total. The van der Waals surface area contributed by atoms with E-state index in [1.54, 1.807) is 0 Å². The van der Waals surface area contributed by atoms with Crippen LogP contribution < -0.4 is 10.2 Å². The van der Waals surface area contributed by atoms with Crippen LogP contribution in [0, 0.1) is 5.92 Å². The third kappa shape index (κ3) is 5.19. The maximum absolute atomic E-state index is 6.26. The number of anilines is 1. The molecule has 1 aliphatic rings. The Kier molecular flexibility index (Phi) is 6.38. The van der Waals surface area contributed by atoms with Gasteiger partial charge in [-0.2, -0.15) is 0 Å². The lowest BCUT2D eigenvalue weighted by Gasteiger charge is -2.28. The Morgan fingerprint density at radius 1 is 1.33 bits per heavy atom. The highest BCUT2D eigenvalue weighted by Crippen LogP contribution is 2.35. The molecule has 0 aliphatic heterocycles. The van der Waals surface area contributed by atoms with Gasteiger partial charge in [0.15, 0.2) is 0 Å². The summed E-state index contributed by atoms with van der Waals surface area (Å²) in [6.07, 6.45) is 5.06. The molecule has 1 aliphatic carbocycles. The van der Waals surface area contributed by atoms with Gasteiger partial charge in [-0.25, -0.2) is 0 Å². The molecular formula is C18H29ClN2. The van der Waals surface area contributed by atoms with Crippen LogP contribution in [0.4, 0.5) is 5.69 Å². The van der Waals surface area contributed by atoms with E-state index in [1.165, 1.54) is 36.9 Å². The van der Waals surface area contributed by atoms with Crippen LogP contribution in [-0.4, -0.2) is 19.1 Å². The third-order valence-electron chi connectivity index (χ3n) is 4.03. The molecule has 0 atom stereocenters. The monoisotopic (exact) mass is 308 g/mol. The fourth-order valence-corrected chi connectivity index (χ4v) is 2.80. The SMILES string of the molecule is CCCNCc1ccc(Cl)cc1N(CCC(C)C)C1CC1. The van der Waals surface area contributed by atoms with E-state index in [0.29, 0.717) is 0 Å². The molecule has 0 saturated heterocycles. The van der Waals surface area contributed by atoms with Gasteiger partial charge < -0.3 is 10.2 Å². The summed E-state index contributed by atoms with van der Waals surface area (Å²) in [4.78, 5) is 2.59. The van der Waals surface area contributed by atoms with Gasteiger partial charge in [-0.15, -0.1) is 0 Å². The quantitative estimate of drug-likeness (QED) is 0.656. The number of hydrogen-bond acceptors (Lipinski definition) is 2. The van der Waals surface area contributed by atoms with Gasteiger partial charge in [0.05, 0.1) is 0 Å². The van der Waals surface area contributed by atoms with Crippen molar-refractivity contribution in [3.05, 3.63) is 28.8 Å². The third-order valence-corrected chi connectivity index (χ3v) is 4.27. The highest BCUT2D eigenvalue weighted by atomic mass is 35.5. The Labute approximate surface area is 134 Å². The smallest absolute Gasteiger partial charge is 0.0429 e. The predicted octanol–water partition coefficient (Wildman–Crippen LogP) is 4.85. The van der Waals surface area contributed by atoms with E-state index in [1.807, 2.05) is 6.07 Å². The predicted molar refractivity (Wildman–Crippen MR) is 93.3 cm³/mol. The average molecular weight is 309 g/mol. The molecule has 1 aromatic carbocycles. The zero-order valence-electron chi connectivity index (χ0n) is 13.7. The van der Waals surface area contributed by atoms with Crippen LogP contribution in [0.3, 0.4) is 0 Å². The normalized spacial score (nSPS) is 14.7. The summed E-state index contributed by atoms with van der Waals surface area (Å²) in [5.41, 5.74) is 2.72. The van der Waals surface area contributed by atoms with E-state index >= 15 is 0 Å². The number of nitrogens with zero attached hydrogens (tertiary/aromatic N) is 1. The lowest BCUT2D eigenvalue weighted by atomic mass is 10.1. The summed E-state index contributed by atoms with van der Waals surface area (Å²) < 4.78 is 0. The van der Waals surface area contributed by atoms with Gasteiger partial charge in [-0.1, -0.05) is 38.4 Å². The molecule has 0 amide bonds. The maximum atomic E-state index is 6.26. The number of nitrogens with one attached hydrogen (secondary N) is 1. The van der Waals surface area contributed by atoms with E-state index in [2.05, 4.69) is 43.1 Å². The van der Waals surface area contributed by atoms with Crippen molar-refractivity contribution >= 4 is 17.3 Å². The highest BCUT2D eigenvalue weighted by molar-refractivity contribution is 6.30. The Morgan fingerprint density at radius 3 is 2.71 bits per heavy atom. The zero-order valence-corrected chi connectivity index (χ0v) is 14.4. The van der Waals surface area contributed by atoms with Gasteiger partial charge >= 0.3 is 0 Å². The lowest BCUT2D eigenvalue weighted by Crippen LogP contribution is -2.29. The fourth-order valence-electron chi connectivity index (χ4n) is 2.64. The first-order valence-corrected chi connectivity index (χ1v) is 8.75. The van der Waals surface area contributed by atoms with E-state index in [0.717, 1.165) is 36.6 Å². The van der Waals surface area contributed by atoms with Gasteiger partial charge in [-0.3, -0.25) is 0 Å². The van der Waals surface area contributed by atoms with Crippen molar-refractivity contribution in [2.45, 2.75) is 59.0 Å². The molecule has 2 rings (SSSR count). The lowest BCUT2D eigenvalue weighted by molar-refractivity contribution is 0.569. The number of hydrogen-bond donors (Lipinski definition) is 1. The van der Waals surface area contributed by atoms with Crippen LogP contribution >= 0.6 is 11.6 Å². The van der Waals surface area contributed by atoms with Gasteiger partial charge in [0.2, 0.25) is 0 Å². The van der Waals surface area contributed by atoms with Crippen LogP contribution in [0.1, 0.15) is 52.0 Å². The first kappa shape index (κ1) is 16.6. The molecular weight excluding hydrogens is 280 g/mol. The minimum Gasteiger partial charge on any atom is -0.368 e. The molecule has 0 unspecified atom stereocenters. The second-order valence-corrected chi connectivity index (χ2v) is 6.99. The second kappa shape index (κ2) is 8.05. The van der Waals surface area contributed by atoms with Crippen molar-refractivity contribution < 1.29 is 0 Å². The summed E-state index contributed by atoms with van der Waals surface area (Å²) in [6, 6.07) is 7.09. The molecule has 0 radical (unpaired) electrons. The summed E-state index contributed by atoms with van der Waals surface area (Å²) in [7, 11) is 0. The number of benzene rings is 1. The van der Waals surface area contributed by atoms with E-state index < -0.39 is 0 Å². The molecule has 3 heteroatoms. The van der Waals surface area contributed by atoms with Crippen LogP contribution in [0.2, 0.25) is 5.02 Å². The fraction of sp³-hybridized carbons (Fsp3) is 0.667. The maximum Gasteiger partial charge on any atom is 0.0429 e. The molecule has 1 fully saturated rings. The van der Waals surface area contributed by atoms with Crippen molar-refractivity contribution in [1.29, 1.82) is 0 Å². The molecule has 0 spiro atoms. The van der Waals surface area contributed by atoms with Crippen LogP contribution in [0.15, 0.2) is 18.2 Å². The second-order valence-electron chi connectivity index (χ2n) is 6.56. The summed E-state index contributed by atoms with van der Waals surface area (Å²) in [5, 5.41) is 4.37. The van der Waals surface area contributed by atoms with E-state index in [-0.39, 0.29) is 0 Å². The van der Waals surface area contributed by atoms with Crippen molar-refractivity contribution in [2.24, 2.45) is 5.92 Å². The Bertz CT molecular complexity index is 441. The van der Waals surface area contributed by atoms with Gasteiger partial charge in [0.1, 0.15) is 0 Å². The summed E-state index contributed by atoms with van der Waals surface area (Å²) in [5.74, 6) is 0.743. The van der Waals surface area contributed by atoms with E-state index in [9.17, 15) is 0 Å². The molecule has 1 saturated carbocycles. The first-order chi connectivity index (χ1) is 10.1. The molecule has 1 aromatic rings. The van der Waals surface area contributed by atoms with Crippen LogP contribution in [0.5, 0.6) is 0 Å². The molecule has 0 aromatic heterocycles. The minimum absolute atomic E-state index is 0.729. The molecule has 21 heavy (non-hydrogen) atoms. The zero-order chi connectivity index (χ0) is 15.2. The van der Waals surface area contributed by atoms with Crippen LogP contribution in [0.25, 0.3) is 0 Å². The van der Waals surface area contributed by atoms with E-state index in [4.69, 9.17) is 11.6 Å². The highest BCUT2D eigenvalue weighted by Gasteiger charge is 2.30. The standard InChI is InChI=1S/C18H29ClN2/c1-4-10-20-13-15-5-6-16(19)12-18(15)21(17-7-8-17)11-9-14(2)3/h5-6,12,14,17,20H,4,7-11,13H2,1-3H3. The largest absolute Gasteiger partial charge is 0.368 e. The molecule has 0 heterocycles. The van der Waals surface area contributed by atoms with Gasteiger partial charge in [0.25, 0.3) is 0 Å². The molecule has 118 valence electrons. The topological polar surface area (TPSA) is 15.3 Å². The molecule has 2 nitrogen and oxygen atoms in total. The summed E-state index contributed by atoms with van der Waals surface area (Å²) in [6.45, 7) is 9.95. The Balaban J connectivity index is 2.14. The van der Waals surface area contributed by atoms with Crippen molar-refractivity contribution in [3.8, 4) is 0 Å².